The second-order valence-electron chi connectivity index (χ2n) is 5.91. The van der Waals surface area contributed by atoms with E-state index < -0.39 is 11.7 Å². The molecule has 7 heteroatoms. The van der Waals surface area contributed by atoms with Crippen molar-refractivity contribution in [3.05, 3.63) is 29.0 Å². The third-order valence-corrected chi connectivity index (χ3v) is 4.64. The molecule has 2 saturated heterocycles. The number of hydrogen-bond acceptors (Lipinski definition) is 3. The van der Waals surface area contributed by atoms with E-state index in [1.807, 2.05) is 0 Å². The van der Waals surface area contributed by atoms with Gasteiger partial charge in [-0.15, -0.1) is 0 Å². The minimum absolute atomic E-state index is 0.00851. The quantitative estimate of drug-likeness (QED) is 0.919. The molecule has 23 heavy (non-hydrogen) atoms. The van der Waals surface area contributed by atoms with Crippen LogP contribution in [-0.4, -0.2) is 42.5 Å². The van der Waals surface area contributed by atoms with Crippen LogP contribution in [0.2, 0.25) is 5.02 Å². The number of anilines is 1. The lowest BCUT2D eigenvalue weighted by atomic mass is 10.1. The average Bonchev–Trinajstić information content (AvgIpc) is 2.94. The van der Waals surface area contributed by atoms with Crippen molar-refractivity contribution in [1.29, 1.82) is 0 Å². The van der Waals surface area contributed by atoms with Gasteiger partial charge in [-0.2, -0.15) is 0 Å². The van der Waals surface area contributed by atoms with E-state index >= 15 is 0 Å². The zero-order valence-corrected chi connectivity index (χ0v) is 13.3. The Kier molecular flexibility index (Phi) is 4.82. The molecule has 0 aliphatic carbocycles. The third-order valence-electron chi connectivity index (χ3n) is 4.35. The summed E-state index contributed by atoms with van der Waals surface area (Å²) in [6.07, 6.45) is 1.83. The van der Waals surface area contributed by atoms with Crippen molar-refractivity contribution in [2.45, 2.75) is 25.3 Å². The predicted octanol–water partition coefficient (Wildman–Crippen LogP) is 2.45. The summed E-state index contributed by atoms with van der Waals surface area (Å²) in [5.74, 6) is -1.16. The number of hydrogen-bond donors (Lipinski definition) is 1. The maximum Gasteiger partial charge on any atom is 0.229 e. The summed E-state index contributed by atoms with van der Waals surface area (Å²) >= 11 is 5.70. The van der Waals surface area contributed by atoms with Gasteiger partial charge in [0, 0.05) is 37.9 Å². The fraction of sp³-hybridized carbons (Fsp3) is 0.500. The second kappa shape index (κ2) is 6.84. The van der Waals surface area contributed by atoms with Crippen LogP contribution in [0, 0.1) is 11.7 Å². The number of nitrogens with zero attached hydrogens (tertiary/aromatic N) is 1. The zero-order chi connectivity index (χ0) is 16.4. The van der Waals surface area contributed by atoms with Gasteiger partial charge in [-0.05, 0) is 31.0 Å². The highest BCUT2D eigenvalue weighted by Gasteiger charge is 2.38. The molecule has 2 aliphatic rings. The largest absolute Gasteiger partial charge is 0.381 e. The van der Waals surface area contributed by atoms with Gasteiger partial charge >= 0.3 is 0 Å². The maximum absolute atomic E-state index is 13.1. The van der Waals surface area contributed by atoms with Gasteiger partial charge in [-0.3, -0.25) is 9.59 Å². The van der Waals surface area contributed by atoms with E-state index in [0.717, 1.165) is 12.8 Å². The van der Waals surface area contributed by atoms with Crippen LogP contribution in [0.1, 0.15) is 19.3 Å². The van der Waals surface area contributed by atoms with E-state index in [1.54, 1.807) is 4.90 Å². The van der Waals surface area contributed by atoms with Crippen LogP contribution in [0.5, 0.6) is 0 Å². The molecular weight excluding hydrogens is 323 g/mol. The topological polar surface area (TPSA) is 58.6 Å². The Morgan fingerprint density at radius 2 is 2.09 bits per heavy atom. The summed E-state index contributed by atoms with van der Waals surface area (Å²) in [6.45, 7) is 1.73. The van der Waals surface area contributed by atoms with Gasteiger partial charge < -0.3 is 15.0 Å². The highest BCUT2D eigenvalue weighted by Crippen LogP contribution is 2.26. The van der Waals surface area contributed by atoms with Crippen molar-refractivity contribution in [3.63, 3.8) is 0 Å². The first kappa shape index (κ1) is 16.2. The van der Waals surface area contributed by atoms with Gasteiger partial charge in [0.2, 0.25) is 11.8 Å². The van der Waals surface area contributed by atoms with Gasteiger partial charge in [0.15, 0.2) is 0 Å². The number of carbonyl (C=O) groups is 2. The molecule has 1 unspecified atom stereocenters. The molecule has 0 bridgehead atoms. The minimum atomic E-state index is -0.536. The van der Waals surface area contributed by atoms with Gasteiger partial charge in [-0.25, -0.2) is 4.39 Å². The van der Waals surface area contributed by atoms with Crippen LogP contribution in [0.4, 0.5) is 10.1 Å². The average molecular weight is 341 g/mol. The molecule has 2 aliphatic heterocycles. The van der Waals surface area contributed by atoms with E-state index in [-0.39, 0.29) is 29.3 Å². The van der Waals surface area contributed by atoms with Crippen molar-refractivity contribution in [3.8, 4) is 0 Å². The van der Waals surface area contributed by atoms with Crippen LogP contribution < -0.4 is 5.32 Å². The number of benzene rings is 1. The van der Waals surface area contributed by atoms with Gasteiger partial charge in [-0.1, -0.05) is 11.6 Å². The van der Waals surface area contributed by atoms with Crippen LogP contribution >= 0.6 is 11.6 Å². The number of halogens is 2. The molecule has 124 valence electrons. The molecule has 1 aromatic carbocycles. The number of ether oxygens (including phenoxy) is 1. The number of carbonyl (C=O) groups excluding carboxylic acids is 2. The first-order valence-corrected chi connectivity index (χ1v) is 8.05. The summed E-state index contributed by atoms with van der Waals surface area (Å²) in [4.78, 5) is 26.3. The van der Waals surface area contributed by atoms with Gasteiger partial charge in [0.25, 0.3) is 0 Å². The van der Waals surface area contributed by atoms with E-state index in [0.29, 0.717) is 25.4 Å². The van der Waals surface area contributed by atoms with Crippen molar-refractivity contribution in [2.75, 3.05) is 25.1 Å². The standard InChI is InChI=1S/C16H18ClFN2O3/c17-13-8-11(1-2-14(13)18)19-16(22)10-7-15(21)20(9-10)12-3-5-23-6-4-12/h1-2,8,10,12H,3-7,9H2,(H,19,22). The monoisotopic (exact) mass is 340 g/mol. The normalized spacial score (nSPS) is 22.4. The van der Waals surface area contributed by atoms with Crippen molar-refractivity contribution >= 4 is 29.1 Å². The van der Waals surface area contributed by atoms with Crippen molar-refractivity contribution in [1.82, 2.24) is 4.90 Å². The molecule has 0 spiro atoms. The molecule has 0 saturated carbocycles. The lowest BCUT2D eigenvalue weighted by molar-refractivity contribution is -0.131. The first-order chi connectivity index (χ1) is 11.0. The molecule has 0 radical (unpaired) electrons. The number of amides is 2. The van der Waals surface area contributed by atoms with E-state index in [9.17, 15) is 14.0 Å². The highest BCUT2D eigenvalue weighted by atomic mass is 35.5. The number of rotatable bonds is 3. The van der Waals surface area contributed by atoms with Crippen molar-refractivity contribution < 1.29 is 18.7 Å². The van der Waals surface area contributed by atoms with E-state index in [1.165, 1.54) is 18.2 Å². The minimum Gasteiger partial charge on any atom is -0.381 e. The lowest BCUT2D eigenvalue weighted by Gasteiger charge is -2.31. The molecule has 5 nitrogen and oxygen atoms in total. The Morgan fingerprint density at radius 3 is 2.78 bits per heavy atom. The van der Waals surface area contributed by atoms with Crippen LogP contribution in [0.25, 0.3) is 0 Å². The molecule has 2 fully saturated rings. The molecule has 0 aromatic heterocycles. The summed E-state index contributed by atoms with van der Waals surface area (Å²) < 4.78 is 18.4. The molecule has 1 N–H and O–H groups in total. The summed E-state index contributed by atoms with van der Waals surface area (Å²) in [7, 11) is 0. The zero-order valence-electron chi connectivity index (χ0n) is 12.6. The summed E-state index contributed by atoms with van der Waals surface area (Å²) in [5.41, 5.74) is 0.429. The molecule has 2 heterocycles. The maximum atomic E-state index is 13.1. The predicted molar refractivity (Wildman–Crippen MR) is 83.7 cm³/mol. The summed E-state index contributed by atoms with van der Waals surface area (Å²) in [5, 5.41) is 2.66. The Morgan fingerprint density at radius 1 is 1.35 bits per heavy atom. The SMILES string of the molecule is O=C(Nc1ccc(F)c(Cl)c1)C1CC(=O)N(C2CCOCC2)C1. The molecule has 1 atom stereocenters. The Hall–Kier alpha value is -1.66. The van der Waals surface area contributed by atoms with E-state index in [4.69, 9.17) is 16.3 Å². The molecular formula is C16H18ClFN2O3. The third kappa shape index (κ3) is 3.64. The number of likely N-dealkylation sites (tertiary alicyclic amines) is 1. The molecule has 3 rings (SSSR count). The molecule has 2 amide bonds. The van der Waals surface area contributed by atoms with E-state index in [2.05, 4.69) is 5.32 Å². The van der Waals surface area contributed by atoms with Crippen LogP contribution in [0.3, 0.4) is 0 Å². The fourth-order valence-electron chi connectivity index (χ4n) is 3.08. The van der Waals surface area contributed by atoms with Crippen LogP contribution in [-0.2, 0) is 14.3 Å². The van der Waals surface area contributed by atoms with Crippen LogP contribution in [0.15, 0.2) is 18.2 Å². The first-order valence-electron chi connectivity index (χ1n) is 7.67. The summed E-state index contributed by atoms with van der Waals surface area (Å²) in [6, 6.07) is 4.18. The fourth-order valence-corrected chi connectivity index (χ4v) is 3.26. The second-order valence-corrected chi connectivity index (χ2v) is 6.32. The smallest absolute Gasteiger partial charge is 0.229 e. The van der Waals surface area contributed by atoms with Gasteiger partial charge in [0.1, 0.15) is 5.82 Å². The van der Waals surface area contributed by atoms with Crippen molar-refractivity contribution in [2.24, 2.45) is 5.92 Å². The molecule has 1 aromatic rings. The Labute approximate surface area is 138 Å². The Balaban J connectivity index is 1.61. The number of nitrogens with one attached hydrogen (secondary N) is 1. The lowest BCUT2D eigenvalue weighted by Crippen LogP contribution is -2.41. The van der Waals surface area contributed by atoms with Gasteiger partial charge in [0.05, 0.1) is 10.9 Å². The Bertz CT molecular complexity index is 619. The highest BCUT2D eigenvalue weighted by molar-refractivity contribution is 6.31.